The van der Waals surface area contributed by atoms with Gasteiger partial charge in [0.1, 0.15) is 0 Å². The number of nitrogen functional groups attached to an aromatic ring is 1. The van der Waals surface area contributed by atoms with E-state index in [0.29, 0.717) is 5.89 Å². The van der Waals surface area contributed by atoms with Crippen LogP contribution in [0.3, 0.4) is 0 Å². The second-order valence-corrected chi connectivity index (χ2v) is 3.77. The molecule has 2 N–H and O–H groups in total. The first kappa shape index (κ1) is 9.77. The van der Waals surface area contributed by atoms with Gasteiger partial charge in [-0.2, -0.15) is 0 Å². The van der Waals surface area contributed by atoms with Crippen molar-refractivity contribution in [2.75, 3.05) is 5.73 Å². The maximum atomic E-state index is 5.44. The summed E-state index contributed by atoms with van der Waals surface area (Å²) in [4.78, 5) is 4.45. The van der Waals surface area contributed by atoms with Gasteiger partial charge in [0, 0.05) is 11.1 Å². The summed E-state index contributed by atoms with van der Waals surface area (Å²) >= 11 is 0. The van der Waals surface area contributed by atoms with Crippen molar-refractivity contribution in [3.05, 3.63) is 36.0 Å². The van der Waals surface area contributed by atoms with E-state index in [2.05, 4.69) is 15.2 Å². The fourth-order valence-electron chi connectivity index (χ4n) is 1.83. The Labute approximate surface area is 97.3 Å². The Hall–Kier alpha value is -2.43. The van der Waals surface area contributed by atoms with E-state index in [4.69, 9.17) is 10.2 Å². The standard InChI is InChI=1S/C12H10N4O/c1-7-6-9(11-15-16-12(13)17-11)8-4-2-3-5-10(8)14-7/h2-6H,1H3,(H2,13,16). The van der Waals surface area contributed by atoms with Crippen molar-refractivity contribution < 1.29 is 4.42 Å². The number of rotatable bonds is 1. The predicted octanol–water partition coefficient (Wildman–Crippen LogP) is 2.18. The first-order valence-electron chi connectivity index (χ1n) is 5.20. The van der Waals surface area contributed by atoms with Crippen LogP contribution in [0.1, 0.15) is 5.69 Å². The van der Waals surface area contributed by atoms with E-state index in [0.717, 1.165) is 22.2 Å². The van der Waals surface area contributed by atoms with Crippen molar-refractivity contribution in [1.29, 1.82) is 0 Å². The summed E-state index contributed by atoms with van der Waals surface area (Å²) in [7, 11) is 0. The summed E-state index contributed by atoms with van der Waals surface area (Å²) in [5.41, 5.74) is 8.10. The third-order valence-corrected chi connectivity index (χ3v) is 2.52. The third kappa shape index (κ3) is 1.61. The topological polar surface area (TPSA) is 77.8 Å². The fourth-order valence-corrected chi connectivity index (χ4v) is 1.83. The van der Waals surface area contributed by atoms with Crippen LogP contribution in [-0.2, 0) is 0 Å². The van der Waals surface area contributed by atoms with Gasteiger partial charge in [-0.3, -0.25) is 4.98 Å². The lowest BCUT2D eigenvalue weighted by molar-refractivity contribution is 0.591. The number of fused-ring (bicyclic) bond motifs is 1. The van der Waals surface area contributed by atoms with Crippen LogP contribution in [-0.4, -0.2) is 15.2 Å². The largest absolute Gasteiger partial charge is 0.404 e. The van der Waals surface area contributed by atoms with Gasteiger partial charge >= 0.3 is 6.01 Å². The van der Waals surface area contributed by atoms with Gasteiger partial charge in [-0.25, -0.2) is 0 Å². The molecular formula is C12H10N4O. The van der Waals surface area contributed by atoms with Crippen molar-refractivity contribution in [3.8, 4) is 11.5 Å². The van der Waals surface area contributed by atoms with E-state index >= 15 is 0 Å². The summed E-state index contributed by atoms with van der Waals surface area (Å²) in [6.45, 7) is 1.93. The zero-order valence-electron chi connectivity index (χ0n) is 9.21. The summed E-state index contributed by atoms with van der Waals surface area (Å²) in [6, 6.07) is 9.79. The molecule has 0 spiro atoms. The van der Waals surface area contributed by atoms with Gasteiger partial charge in [-0.1, -0.05) is 23.3 Å². The van der Waals surface area contributed by atoms with Crippen molar-refractivity contribution in [2.24, 2.45) is 0 Å². The lowest BCUT2D eigenvalue weighted by Gasteiger charge is -2.03. The first-order valence-corrected chi connectivity index (χ1v) is 5.20. The Morgan fingerprint density at radius 1 is 1.18 bits per heavy atom. The number of nitrogens with two attached hydrogens (primary N) is 1. The minimum absolute atomic E-state index is 0.0681. The van der Waals surface area contributed by atoms with Crippen molar-refractivity contribution in [2.45, 2.75) is 6.92 Å². The molecule has 17 heavy (non-hydrogen) atoms. The summed E-state index contributed by atoms with van der Waals surface area (Å²) in [6.07, 6.45) is 0. The Morgan fingerprint density at radius 3 is 2.76 bits per heavy atom. The molecule has 0 radical (unpaired) electrons. The number of aromatic nitrogens is 3. The molecule has 0 aliphatic heterocycles. The van der Waals surface area contributed by atoms with Gasteiger partial charge in [0.2, 0.25) is 5.89 Å². The highest BCUT2D eigenvalue weighted by Gasteiger charge is 2.11. The van der Waals surface area contributed by atoms with Crippen LogP contribution in [0.5, 0.6) is 0 Å². The maximum Gasteiger partial charge on any atom is 0.313 e. The van der Waals surface area contributed by atoms with Crippen LogP contribution < -0.4 is 5.73 Å². The van der Waals surface area contributed by atoms with Crippen LogP contribution in [0.15, 0.2) is 34.7 Å². The van der Waals surface area contributed by atoms with Gasteiger partial charge in [0.15, 0.2) is 0 Å². The SMILES string of the molecule is Cc1cc(-c2nnc(N)o2)c2ccccc2n1. The number of hydrogen-bond donors (Lipinski definition) is 1. The molecule has 84 valence electrons. The van der Waals surface area contributed by atoms with E-state index in [1.165, 1.54) is 0 Å². The van der Waals surface area contributed by atoms with Crippen LogP contribution >= 0.6 is 0 Å². The van der Waals surface area contributed by atoms with Gasteiger partial charge in [0.25, 0.3) is 0 Å². The number of nitrogens with zero attached hydrogens (tertiary/aromatic N) is 3. The smallest absolute Gasteiger partial charge is 0.313 e. The molecule has 3 rings (SSSR count). The quantitative estimate of drug-likeness (QED) is 0.688. The number of anilines is 1. The van der Waals surface area contributed by atoms with Gasteiger partial charge < -0.3 is 10.2 Å². The highest BCUT2D eigenvalue weighted by atomic mass is 16.4. The Bertz CT molecular complexity index is 690. The molecule has 0 aliphatic carbocycles. The molecule has 5 nitrogen and oxygen atoms in total. The number of para-hydroxylation sites is 1. The lowest BCUT2D eigenvalue weighted by atomic mass is 10.1. The van der Waals surface area contributed by atoms with Crippen LogP contribution in [0, 0.1) is 6.92 Å². The highest BCUT2D eigenvalue weighted by molar-refractivity contribution is 5.92. The minimum atomic E-state index is 0.0681. The molecule has 1 aromatic carbocycles. The average molecular weight is 226 g/mol. The predicted molar refractivity (Wildman–Crippen MR) is 64.2 cm³/mol. The average Bonchev–Trinajstić information content (AvgIpc) is 2.74. The number of aryl methyl sites for hydroxylation is 1. The second kappa shape index (κ2) is 3.55. The van der Waals surface area contributed by atoms with Crippen molar-refractivity contribution in [3.63, 3.8) is 0 Å². The molecule has 0 aliphatic rings. The molecule has 0 fully saturated rings. The molecule has 2 aromatic heterocycles. The lowest BCUT2D eigenvalue weighted by Crippen LogP contribution is -1.88. The molecule has 0 saturated carbocycles. The Morgan fingerprint density at radius 2 is 2.00 bits per heavy atom. The summed E-state index contributed by atoms with van der Waals surface area (Å²) < 4.78 is 5.26. The molecule has 5 heteroatoms. The number of pyridine rings is 1. The highest BCUT2D eigenvalue weighted by Crippen LogP contribution is 2.27. The van der Waals surface area contributed by atoms with Crippen LogP contribution in [0.4, 0.5) is 6.01 Å². The zero-order chi connectivity index (χ0) is 11.8. The number of benzene rings is 1. The van der Waals surface area contributed by atoms with Gasteiger partial charge in [-0.15, -0.1) is 5.10 Å². The van der Waals surface area contributed by atoms with E-state index in [1.807, 2.05) is 37.3 Å². The van der Waals surface area contributed by atoms with Gasteiger partial charge in [0.05, 0.1) is 11.1 Å². The molecular weight excluding hydrogens is 216 g/mol. The molecule has 0 bridgehead atoms. The summed E-state index contributed by atoms with van der Waals surface area (Å²) in [5, 5.41) is 8.55. The molecule has 3 aromatic rings. The minimum Gasteiger partial charge on any atom is -0.404 e. The molecule has 0 saturated heterocycles. The number of hydrogen-bond acceptors (Lipinski definition) is 5. The Kier molecular flexibility index (Phi) is 2.04. The molecule has 0 unspecified atom stereocenters. The maximum absolute atomic E-state index is 5.44. The van der Waals surface area contributed by atoms with Crippen LogP contribution in [0.2, 0.25) is 0 Å². The molecule has 2 heterocycles. The van der Waals surface area contributed by atoms with E-state index in [1.54, 1.807) is 0 Å². The molecule has 0 atom stereocenters. The van der Waals surface area contributed by atoms with E-state index < -0.39 is 0 Å². The van der Waals surface area contributed by atoms with Crippen molar-refractivity contribution in [1.82, 2.24) is 15.2 Å². The van der Waals surface area contributed by atoms with E-state index in [9.17, 15) is 0 Å². The third-order valence-electron chi connectivity index (χ3n) is 2.52. The van der Waals surface area contributed by atoms with Gasteiger partial charge in [-0.05, 0) is 19.1 Å². The van der Waals surface area contributed by atoms with Crippen LogP contribution in [0.25, 0.3) is 22.4 Å². The first-order chi connectivity index (χ1) is 8.24. The molecule has 0 amide bonds. The van der Waals surface area contributed by atoms with Crippen molar-refractivity contribution >= 4 is 16.9 Å². The Balaban J connectivity index is 2.35. The zero-order valence-corrected chi connectivity index (χ0v) is 9.21. The second-order valence-electron chi connectivity index (χ2n) is 3.77. The summed E-state index contributed by atoms with van der Waals surface area (Å²) in [5.74, 6) is 0.421. The normalized spacial score (nSPS) is 10.9. The monoisotopic (exact) mass is 226 g/mol. The fraction of sp³-hybridized carbons (Fsp3) is 0.0833. The van der Waals surface area contributed by atoms with E-state index in [-0.39, 0.29) is 6.01 Å².